The monoisotopic (exact) mass is 1530 g/mol. The lowest BCUT2D eigenvalue weighted by Crippen LogP contribution is -2.26. The summed E-state index contributed by atoms with van der Waals surface area (Å²) in [4.78, 5) is 4.95. The van der Waals surface area contributed by atoms with E-state index < -0.39 is 10.8 Å². The predicted octanol–water partition coefficient (Wildman–Crippen LogP) is 30.7. The number of nitrogens with zero attached hydrogens (tertiary/aromatic N) is 2. The Bertz CT molecular complexity index is 7850. The molecule has 0 amide bonds. The normalized spacial score (nSPS) is 15.4. The molecule has 0 fully saturated rings. The molecule has 1 atom stereocenters. The van der Waals surface area contributed by atoms with E-state index in [0.717, 1.165) is 94.7 Å². The van der Waals surface area contributed by atoms with Gasteiger partial charge in [-0.3, -0.25) is 0 Å². The molecule has 2 heterocycles. The number of benzene rings is 18. The topological polar surface area (TPSA) is 32.8 Å². The fourth-order valence-electron chi connectivity index (χ4n) is 23.4. The summed E-state index contributed by atoms with van der Waals surface area (Å²) in [7, 11) is 0. The van der Waals surface area contributed by atoms with Gasteiger partial charge in [0.15, 0.2) is 5.58 Å². The zero-order valence-corrected chi connectivity index (χ0v) is 66.7. The summed E-state index contributed by atoms with van der Waals surface area (Å²) in [6.45, 7) is 9.55. The van der Waals surface area contributed by atoms with Crippen molar-refractivity contribution < 1.29 is 8.83 Å². The molecule has 0 saturated carbocycles. The van der Waals surface area contributed by atoms with Crippen LogP contribution in [0.4, 0.5) is 34.1 Å². The second kappa shape index (κ2) is 24.4. The van der Waals surface area contributed by atoms with E-state index in [1.807, 2.05) is 0 Å². The average molecular weight is 1530 g/mol. The molecule has 4 heteroatoms. The Morgan fingerprint density at radius 1 is 0.200 bits per heavy atom. The minimum atomic E-state index is -0.677. The first kappa shape index (κ1) is 67.3. The molecule has 0 aliphatic heterocycles. The van der Waals surface area contributed by atoms with E-state index in [9.17, 15) is 0 Å². The summed E-state index contributed by atoms with van der Waals surface area (Å²) in [6, 6.07) is 146. The van der Waals surface area contributed by atoms with Gasteiger partial charge in [-0.1, -0.05) is 325 Å². The number of fused-ring (bicyclic) bond motifs is 32. The summed E-state index contributed by atoms with van der Waals surface area (Å²) in [5.41, 5.74) is 45.8. The van der Waals surface area contributed by atoms with Crippen LogP contribution >= 0.6 is 0 Å². The smallest absolute Gasteiger partial charge is 0.159 e. The third-order valence-electron chi connectivity index (χ3n) is 28.2. The van der Waals surface area contributed by atoms with Crippen LogP contribution in [0.25, 0.3) is 144 Å². The van der Waals surface area contributed by atoms with E-state index in [1.54, 1.807) is 0 Å². The van der Waals surface area contributed by atoms with Gasteiger partial charge >= 0.3 is 0 Å². The molecule has 18 aromatic carbocycles. The molecule has 20 aromatic rings. The molecule has 562 valence electrons. The Labute approximate surface area is 696 Å². The van der Waals surface area contributed by atoms with Crippen LogP contribution in [0.15, 0.2) is 397 Å². The molecule has 0 bridgehead atoms. The molecule has 26 rings (SSSR count). The molecule has 0 N–H and O–H groups in total. The molecule has 6 aliphatic rings. The first-order valence-electron chi connectivity index (χ1n) is 42.1. The van der Waals surface area contributed by atoms with Crippen LogP contribution in [0.2, 0.25) is 0 Å². The van der Waals surface area contributed by atoms with Crippen LogP contribution in [-0.2, 0) is 21.7 Å². The van der Waals surface area contributed by atoms with Gasteiger partial charge in [0.25, 0.3) is 0 Å². The van der Waals surface area contributed by atoms with Crippen molar-refractivity contribution in [3.63, 3.8) is 0 Å². The maximum absolute atomic E-state index is 7.59. The number of para-hydroxylation sites is 2. The van der Waals surface area contributed by atoms with Gasteiger partial charge in [0, 0.05) is 66.9 Å². The minimum Gasteiger partial charge on any atom is -0.456 e. The van der Waals surface area contributed by atoms with Crippen molar-refractivity contribution in [3.05, 3.63) is 455 Å². The number of anilines is 6. The highest BCUT2D eigenvalue weighted by atomic mass is 16.3. The zero-order valence-electron chi connectivity index (χ0n) is 66.7. The Kier molecular flexibility index (Phi) is 13.7. The van der Waals surface area contributed by atoms with Crippen LogP contribution < -0.4 is 9.80 Å². The fraction of sp³-hybridized carbons (Fsp3) is 0.0690. The van der Waals surface area contributed by atoms with E-state index in [4.69, 9.17) is 8.83 Å². The number of hydrogen-bond acceptors (Lipinski definition) is 4. The van der Waals surface area contributed by atoms with Gasteiger partial charge < -0.3 is 18.6 Å². The van der Waals surface area contributed by atoms with Gasteiger partial charge in [0.1, 0.15) is 16.7 Å². The predicted molar refractivity (Wildman–Crippen MR) is 494 cm³/mol. The van der Waals surface area contributed by atoms with Gasteiger partial charge in [-0.15, -0.1) is 0 Å². The molecule has 6 aliphatic carbocycles. The summed E-state index contributed by atoms with van der Waals surface area (Å²) in [5.74, 6) is 0. The van der Waals surface area contributed by atoms with Gasteiger partial charge in [0.05, 0.1) is 16.5 Å². The molecule has 0 saturated heterocycles. The molecule has 0 radical (unpaired) electrons. The van der Waals surface area contributed by atoms with Gasteiger partial charge in [-0.05, 0) is 252 Å². The van der Waals surface area contributed by atoms with Crippen molar-refractivity contribution in [2.24, 2.45) is 0 Å². The highest BCUT2D eigenvalue weighted by Crippen LogP contribution is 2.67. The molecule has 1 unspecified atom stereocenters. The molecule has 4 nitrogen and oxygen atoms in total. The van der Waals surface area contributed by atoms with Crippen LogP contribution in [0.1, 0.15) is 94.5 Å². The van der Waals surface area contributed by atoms with Crippen molar-refractivity contribution in [3.8, 4) is 100 Å². The van der Waals surface area contributed by atoms with Gasteiger partial charge in [0.2, 0.25) is 0 Å². The van der Waals surface area contributed by atoms with Crippen molar-refractivity contribution in [1.82, 2.24) is 0 Å². The maximum Gasteiger partial charge on any atom is 0.159 e. The SMILES string of the molecule is CC1(C)c2ccccc2-c2cccc(-c3cccc(N(c4ccc5c(c4)C4(c6ccccc6-c6cc(-c7cccc8oc9c(N(c%10cccc(-c%11cccc%12c%11C(C)(C)c%11ccccc%11-%12)c%10)c%10ccc%11c(c%10)C%10(c%12ccccc%12-c%12ccccc%12%10)c%10ccccc%10-%11)cccc9c78)ccc64)c4ccccc4-5)c4ccc5c(c4)oc4ccccc45)c3)c21. The van der Waals surface area contributed by atoms with Crippen molar-refractivity contribution in [2.45, 2.75) is 49.4 Å². The first-order chi connectivity index (χ1) is 59.0. The van der Waals surface area contributed by atoms with Crippen LogP contribution in [-0.4, -0.2) is 0 Å². The lowest BCUT2D eigenvalue weighted by molar-refractivity contribution is 0.662. The standard InChI is InChI=1S/C116H76N2O2/c1-113(2)95-45-13-5-35-84(95)91-42-23-40-78(110(91)113)69-27-21-29-72(63-69)117(76-58-61-90-89-38-12-20-53-106(89)119-108(90)68-76)74-56-59-87-83-34-10-18-50-100(83)116(103(87)66-74)101-51-19-11-37-86(101)94-65-71(55-62-102(94)116)77-39-26-54-107-109(77)93-44-25-52-105(112(93)120-107)118(73-30-22-28-70(64-73)79-41-24-43-92-85-36-6-14-46-96(85)114(3,4)111(79)92)75-57-60-88-82-33-9-17-49-99(82)115(104(88)67-75)97-47-15-7-31-80(97)81-32-8-16-48-98(81)115/h5-68H,1-4H3. The highest BCUT2D eigenvalue weighted by molar-refractivity contribution is 6.17. The molecule has 2 spiro atoms. The summed E-state index contributed by atoms with van der Waals surface area (Å²) in [6.07, 6.45) is 0. The van der Waals surface area contributed by atoms with E-state index in [-0.39, 0.29) is 10.8 Å². The van der Waals surface area contributed by atoms with E-state index >= 15 is 0 Å². The zero-order chi connectivity index (χ0) is 79.2. The summed E-state index contributed by atoms with van der Waals surface area (Å²) in [5, 5.41) is 4.32. The molecule has 120 heavy (non-hydrogen) atoms. The molecular formula is C116H76N2O2. The first-order valence-corrected chi connectivity index (χ1v) is 42.1. The summed E-state index contributed by atoms with van der Waals surface area (Å²) < 4.78 is 14.4. The van der Waals surface area contributed by atoms with Crippen LogP contribution in [0.5, 0.6) is 0 Å². The van der Waals surface area contributed by atoms with Crippen LogP contribution in [0.3, 0.4) is 0 Å². The number of furan rings is 2. The molecule has 2 aromatic heterocycles. The second-order valence-corrected chi connectivity index (χ2v) is 34.7. The molecular weight excluding hydrogens is 1450 g/mol. The van der Waals surface area contributed by atoms with Crippen LogP contribution in [0, 0.1) is 0 Å². The highest BCUT2D eigenvalue weighted by Gasteiger charge is 2.54. The Morgan fingerprint density at radius 3 is 1.11 bits per heavy atom. The third-order valence-corrected chi connectivity index (χ3v) is 28.2. The lowest BCUT2D eigenvalue weighted by atomic mass is 9.70. The maximum atomic E-state index is 7.59. The summed E-state index contributed by atoms with van der Waals surface area (Å²) >= 11 is 0. The van der Waals surface area contributed by atoms with Gasteiger partial charge in [-0.2, -0.15) is 0 Å². The van der Waals surface area contributed by atoms with E-state index in [1.165, 1.54) is 150 Å². The van der Waals surface area contributed by atoms with Crippen molar-refractivity contribution >= 4 is 78.0 Å². The second-order valence-electron chi connectivity index (χ2n) is 34.7. The Hall–Kier alpha value is -14.8. The number of hydrogen-bond donors (Lipinski definition) is 0. The van der Waals surface area contributed by atoms with E-state index in [2.05, 4.69) is 426 Å². The lowest BCUT2D eigenvalue weighted by Gasteiger charge is -2.32. The average Bonchev–Trinajstić information content (AvgIpc) is 1.51. The van der Waals surface area contributed by atoms with Crippen molar-refractivity contribution in [2.75, 3.05) is 9.80 Å². The Morgan fingerprint density at radius 2 is 0.558 bits per heavy atom. The Balaban J connectivity index is 0.645. The van der Waals surface area contributed by atoms with Crippen molar-refractivity contribution in [1.29, 1.82) is 0 Å². The number of rotatable bonds is 9. The van der Waals surface area contributed by atoms with E-state index in [0.29, 0.717) is 0 Å². The minimum absolute atomic E-state index is 0.204. The fourth-order valence-corrected chi connectivity index (χ4v) is 23.4. The van der Waals surface area contributed by atoms with Gasteiger partial charge in [-0.25, -0.2) is 0 Å². The largest absolute Gasteiger partial charge is 0.456 e. The quantitative estimate of drug-likeness (QED) is 0.144. The third kappa shape index (κ3) is 8.83.